The maximum absolute atomic E-state index is 12.1. The van der Waals surface area contributed by atoms with Crippen LogP contribution in [-0.4, -0.2) is 25.6 Å². The third-order valence-corrected chi connectivity index (χ3v) is 5.05. The lowest BCUT2D eigenvalue weighted by Gasteiger charge is -2.21. The summed E-state index contributed by atoms with van der Waals surface area (Å²) < 4.78 is 11.2. The highest BCUT2D eigenvalue weighted by Crippen LogP contribution is 2.31. The summed E-state index contributed by atoms with van der Waals surface area (Å²) in [6.07, 6.45) is 0. The van der Waals surface area contributed by atoms with Gasteiger partial charge in [-0.05, 0) is 51.2 Å². The normalized spacial score (nSPS) is 11.1. The van der Waals surface area contributed by atoms with E-state index in [4.69, 9.17) is 9.47 Å². The molecule has 0 saturated heterocycles. The average Bonchev–Trinajstić information content (AvgIpc) is 2.98. The van der Waals surface area contributed by atoms with Crippen LogP contribution in [0.25, 0.3) is 0 Å². The van der Waals surface area contributed by atoms with Gasteiger partial charge in [0.05, 0.1) is 16.6 Å². The summed E-state index contributed by atoms with van der Waals surface area (Å²) in [4.78, 5) is 24.5. The number of carbonyl (C=O) groups is 2. The highest BCUT2D eigenvalue weighted by atomic mass is 79.9. The van der Waals surface area contributed by atoms with Crippen molar-refractivity contribution in [3.8, 4) is 5.75 Å². The second kappa shape index (κ2) is 8.01. The average molecular weight is 426 g/mol. The van der Waals surface area contributed by atoms with Gasteiger partial charge < -0.3 is 14.8 Å². The molecule has 5 nitrogen and oxygen atoms in total. The molecule has 0 aliphatic carbocycles. The summed E-state index contributed by atoms with van der Waals surface area (Å²) in [5.74, 6) is -0.399. The van der Waals surface area contributed by atoms with E-state index in [2.05, 4.69) is 42.0 Å². The van der Waals surface area contributed by atoms with Crippen LogP contribution in [0.2, 0.25) is 0 Å². The minimum absolute atomic E-state index is 0.0647. The molecule has 1 heterocycles. The van der Waals surface area contributed by atoms with Crippen molar-refractivity contribution in [2.75, 3.05) is 19.0 Å². The molecule has 0 aliphatic heterocycles. The molecule has 0 unspecified atom stereocenters. The molecule has 0 aliphatic rings. The van der Waals surface area contributed by atoms with E-state index in [0.29, 0.717) is 16.3 Å². The highest BCUT2D eigenvalue weighted by Gasteiger charge is 2.18. The third kappa shape index (κ3) is 5.31. The van der Waals surface area contributed by atoms with Gasteiger partial charge in [-0.3, -0.25) is 4.79 Å². The number of anilines is 1. The molecule has 1 N–H and O–H groups in total. The van der Waals surface area contributed by atoms with Crippen molar-refractivity contribution in [1.82, 2.24) is 0 Å². The molecule has 134 valence electrons. The quantitative estimate of drug-likeness (QED) is 0.710. The van der Waals surface area contributed by atoms with Crippen molar-refractivity contribution in [3.05, 3.63) is 44.6 Å². The van der Waals surface area contributed by atoms with E-state index < -0.39 is 11.9 Å². The second-order valence-corrected chi connectivity index (χ2v) is 8.86. The van der Waals surface area contributed by atoms with Crippen molar-refractivity contribution < 1.29 is 19.1 Å². The standard InChI is InChI=1S/C18H20BrNO4S/c1-18(2,3)11-5-6-13(23-4)12(9-11)20-16(21)10-24-17(22)14-7-8-15(19)25-14/h5-9H,10H2,1-4H3,(H,20,21). The van der Waals surface area contributed by atoms with Gasteiger partial charge in [-0.15, -0.1) is 11.3 Å². The minimum atomic E-state index is -0.527. The minimum Gasteiger partial charge on any atom is -0.495 e. The lowest BCUT2D eigenvalue weighted by atomic mass is 9.87. The van der Waals surface area contributed by atoms with Gasteiger partial charge in [0.25, 0.3) is 5.91 Å². The van der Waals surface area contributed by atoms with Crippen molar-refractivity contribution in [3.63, 3.8) is 0 Å². The maximum atomic E-state index is 12.1. The molecule has 2 rings (SSSR count). The Hall–Kier alpha value is -1.86. The van der Waals surface area contributed by atoms with Crippen LogP contribution in [0.5, 0.6) is 5.75 Å². The van der Waals surface area contributed by atoms with Crippen LogP contribution in [0.15, 0.2) is 34.1 Å². The van der Waals surface area contributed by atoms with E-state index in [1.165, 1.54) is 18.4 Å². The van der Waals surface area contributed by atoms with E-state index in [0.717, 1.165) is 9.35 Å². The SMILES string of the molecule is COc1ccc(C(C)(C)C)cc1NC(=O)COC(=O)c1ccc(Br)s1. The van der Waals surface area contributed by atoms with Crippen LogP contribution in [0.4, 0.5) is 5.69 Å². The van der Waals surface area contributed by atoms with E-state index in [-0.39, 0.29) is 12.0 Å². The Morgan fingerprint density at radius 2 is 1.92 bits per heavy atom. The summed E-state index contributed by atoms with van der Waals surface area (Å²) >= 11 is 4.53. The number of amides is 1. The summed E-state index contributed by atoms with van der Waals surface area (Å²) in [5.41, 5.74) is 1.55. The Balaban J connectivity index is 2.03. The summed E-state index contributed by atoms with van der Waals surface area (Å²) in [5, 5.41) is 2.74. The van der Waals surface area contributed by atoms with Gasteiger partial charge in [-0.2, -0.15) is 0 Å². The van der Waals surface area contributed by atoms with Crippen molar-refractivity contribution in [2.24, 2.45) is 0 Å². The molecule has 7 heteroatoms. The number of carbonyl (C=O) groups excluding carboxylic acids is 2. The van der Waals surface area contributed by atoms with Crippen molar-refractivity contribution >= 4 is 44.8 Å². The number of ether oxygens (including phenoxy) is 2. The third-order valence-electron chi connectivity index (χ3n) is 3.45. The fourth-order valence-corrected chi connectivity index (χ4v) is 3.36. The molecule has 1 amide bonds. The summed E-state index contributed by atoms with van der Waals surface area (Å²) in [6, 6.07) is 9.04. The van der Waals surface area contributed by atoms with Crippen LogP contribution in [0.1, 0.15) is 36.0 Å². The number of hydrogen-bond acceptors (Lipinski definition) is 5. The molecule has 0 fully saturated rings. The predicted octanol–water partition coefficient (Wildman–Crippen LogP) is 4.61. The number of esters is 1. The number of hydrogen-bond donors (Lipinski definition) is 1. The first-order valence-corrected chi connectivity index (χ1v) is 9.22. The molecular formula is C18H20BrNO4S. The van der Waals surface area contributed by atoms with Crippen LogP contribution < -0.4 is 10.1 Å². The van der Waals surface area contributed by atoms with E-state index in [1.807, 2.05) is 18.2 Å². The Kier molecular flexibility index (Phi) is 6.24. The molecule has 0 bridgehead atoms. The van der Waals surface area contributed by atoms with Gasteiger partial charge >= 0.3 is 5.97 Å². The number of halogens is 1. The largest absolute Gasteiger partial charge is 0.495 e. The van der Waals surface area contributed by atoms with Gasteiger partial charge in [0.15, 0.2) is 6.61 Å². The zero-order chi connectivity index (χ0) is 18.6. The number of methoxy groups -OCH3 is 1. The Bertz CT molecular complexity index is 780. The Labute approximate surface area is 159 Å². The molecule has 0 saturated carbocycles. The fourth-order valence-electron chi connectivity index (χ4n) is 2.08. The summed E-state index contributed by atoms with van der Waals surface area (Å²) in [6.45, 7) is 5.89. The second-order valence-electron chi connectivity index (χ2n) is 6.39. The number of benzene rings is 1. The van der Waals surface area contributed by atoms with Crippen LogP contribution in [-0.2, 0) is 14.9 Å². The first kappa shape index (κ1) is 19.5. The zero-order valence-electron chi connectivity index (χ0n) is 14.5. The topological polar surface area (TPSA) is 64.6 Å². The fraction of sp³-hybridized carbons (Fsp3) is 0.333. The number of nitrogens with one attached hydrogen (secondary N) is 1. The number of thiophene rings is 1. The molecular weight excluding hydrogens is 406 g/mol. The van der Waals surface area contributed by atoms with Gasteiger partial charge in [0.2, 0.25) is 0 Å². The monoisotopic (exact) mass is 425 g/mol. The van der Waals surface area contributed by atoms with Crippen molar-refractivity contribution in [2.45, 2.75) is 26.2 Å². The van der Waals surface area contributed by atoms with E-state index >= 15 is 0 Å². The molecule has 25 heavy (non-hydrogen) atoms. The van der Waals surface area contributed by atoms with Crippen LogP contribution in [0, 0.1) is 0 Å². The molecule has 0 spiro atoms. The maximum Gasteiger partial charge on any atom is 0.348 e. The molecule has 1 aromatic heterocycles. The van der Waals surface area contributed by atoms with E-state index in [1.54, 1.807) is 12.1 Å². The van der Waals surface area contributed by atoms with Gasteiger partial charge in [-0.25, -0.2) is 4.79 Å². The van der Waals surface area contributed by atoms with Gasteiger partial charge in [0.1, 0.15) is 10.6 Å². The highest BCUT2D eigenvalue weighted by molar-refractivity contribution is 9.11. The Morgan fingerprint density at radius 3 is 2.48 bits per heavy atom. The lowest BCUT2D eigenvalue weighted by molar-refractivity contribution is -0.119. The summed E-state index contributed by atoms with van der Waals surface area (Å²) in [7, 11) is 1.54. The smallest absolute Gasteiger partial charge is 0.348 e. The zero-order valence-corrected chi connectivity index (χ0v) is 16.9. The lowest BCUT2D eigenvalue weighted by Crippen LogP contribution is -2.21. The molecule has 1 aromatic carbocycles. The van der Waals surface area contributed by atoms with Crippen LogP contribution in [0.3, 0.4) is 0 Å². The number of rotatable bonds is 5. The molecule has 0 atom stereocenters. The van der Waals surface area contributed by atoms with Gasteiger partial charge in [-0.1, -0.05) is 26.8 Å². The molecule has 0 radical (unpaired) electrons. The van der Waals surface area contributed by atoms with Gasteiger partial charge in [0, 0.05) is 0 Å². The van der Waals surface area contributed by atoms with Crippen molar-refractivity contribution in [1.29, 1.82) is 0 Å². The first-order valence-electron chi connectivity index (χ1n) is 7.61. The molecule has 2 aromatic rings. The first-order chi connectivity index (χ1) is 11.7. The van der Waals surface area contributed by atoms with Crippen LogP contribution >= 0.6 is 27.3 Å². The Morgan fingerprint density at radius 1 is 1.20 bits per heavy atom. The predicted molar refractivity (Wildman–Crippen MR) is 103 cm³/mol. The van der Waals surface area contributed by atoms with E-state index in [9.17, 15) is 9.59 Å².